The van der Waals surface area contributed by atoms with Crippen molar-refractivity contribution in [2.24, 2.45) is 0 Å². The van der Waals surface area contributed by atoms with Gasteiger partial charge in [-0.05, 0) is 25.9 Å². The van der Waals surface area contributed by atoms with Gasteiger partial charge in [-0.3, -0.25) is 4.90 Å². The highest BCUT2D eigenvalue weighted by atomic mass is 35.5. The van der Waals surface area contributed by atoms with E-state index in [1.165, 1.54) is 19.3 Å². The van der Waals surface area contributed by atoms with Gasteiger partial charge in [-0.2, -0.15) is 0 Å². The molecule has 14 heavy (non-hydrogen) atoms. The number of halogens is 1. The zero-order valence-corrected chi connectivity index (χ0v) is 10.1. The van der Waals surface area contributed by atoms with E-state index in [2.05, 4.69) is 30.9 Å². The average molecular weight is 216 g/mol. The average Bonchev–Trinajstić information content (AvgIpc) is 2.17. The fourth-order valence-electron chi connectivity index (χ4n) is 2.13. The van der Waals surface area contributed by atoms with Crippen LogP contribution in [-0.4, -0.2) is 29.4 Å². The van der Waals surface area contributed by atoms with E-state index in [9.17, 15) is 0 Å². The number of likely N-dealkylation sites (N-methyl/N-ethyl adjacent to an activating group) is 1. The Kier molecular flexibility index (Phi) is 5.57. The molecule has 2 atom stereocenters. The molecule has 2 unspecified atom stereocenters. The molecule has 0 aliphatic heterocycles. The van der Waals surface area contributed by atoms with Crippen molar-refractivity contribution in [2.75, 3.05) is 13.1 Å². The highest BCUT2D eigenvalue weighted by Gasteiger charge is 2.14. The summed E-state index contributed by atoms with van der Waals surface area (Å²) in [6, 6.07) is 0.617. The normalized spacial score (nSPS) is 28.9. The molecule has 1 nitrogen and oxygen atoms in total. The maximum atomic E-state index is 6.14. The second-order valence-corrected chi connectivity index (χ2v) is 4.53. The van der Waals surface area contributed by atoms with Gasteiger partial charge in [0.25, 0.3) is 0 Å². The number of hydrogen-bond acceptors (Lipinski definition) is 1. The van der Waals surface area contributed by atoms with E-state index in [0.717, 1.165) is 19.5 Å². The number of allylic oxidation sites excluding steroid dienone is 1. The van der Waals surface area contributed by atoms with Crippen LogP contribution in [0.1, 0.15) is 39.5 Å². The number of rotatable bonds is 3. The largest absolute Gasteiger partial charge is 0.297 e. The van der Waals surface area contributed by atoms with Crippen LogP contribution in [0.3, 0.4) is 0 Å². The van der Waals surface area contributed by atoms with Crippen molar-refractivity contribution < 1.29 is 0 Å². The van der Waals surface area contributed by atoms with Crippen LogP contribution in [-0.2, 0) is 0 Å². The summed E-state index contributed by atoms with van der Waals surface area (Å²) in [6.45, 7) is 6.74. The van der Waals surface area contributed by atoms with Gasteiger partial charge in [-0.1, -0.05) is 38.8 Å². The van der Waals surface area contributed by atoms with Crippen molar-refractivity contribution in [1.29, 1.82) is 0 Å². The molecule has 0 heterocycles. The lowest BCUT2D eigenvalue weighted by molar-refractivity contribution is 0.237. The van der Waals surface area contributed by atoms with Gasteiger partial charge >= 0.3 is 0 Å². The molecule has 1 rings (SSSR count). The molecule has 1 aliphatic rings. The van der Waals surface area contributed by atoms with Crippen LogP contribution in [0.25, 0.3) is 0 Å². The predicted molar refractivity (Wildman–Crippen MR) is 64.0 cm³/mol. The van der Waals surface area contributed by atoms with Crippen molar-refractivity contribution in [2.45, 2.75) is 50.9 Å². The smallest absolute Gasteiger partial charge is 0.0516 e. The van der Waals surface area contributed by atoms with Gasteiger partial charge in [-0.25, -0.2) is 0 Å². The monoisotopic (exact) mass is 215 g/mol. The lowest BCUT2D eigenvalue weighted by Gasteiger charge is -2.28. The summed E-state index contributed by atoms with van der Waals surface area (Å²) in [5, 5.41) is 0.258. The Labute approximate surface area is 93.1 Å². The minimum Gasteiger partial charge on any atom is -0.297 e. The van der Waals surface area contributed by atoms with Crippen LogP contribution < -0.4 is 0 Å². The van der Waals surface area contributed by atoms with Gasteiger partial charge in [0.05, 0.1) is 5.38 Å². The Hall–Kier alpha value is -0.0100. The minimum atomic E-state index is 0.258. The Morgan fingerprint density at radius 3 is 2.43 bits per heavy atom. The summed E-state index contributed by atoms with van der Waals surface area (Å²) in [4.78, 5) is 2.51. The third-order valence-corrected chi connectivity index (χ3v) is 3.42. The third kappa shape index (κ3) is 3.62. The molecule has 0 bridgehead atoms. The van der Waals surface area contributed by atoms with Crippen LogP contribution in [0.5, 0.6) is 0 Å². The zero-order valence-electron chi connectivity index (χ0n) is 9.38. The summed E-state index contributed by atoms with van der Waals surface area (Å²) in [6.07, 6.45) is 9.52. The van der Waals surface area contributed by atoms with Crippen molar-refractivity contribution in [3.05, 3.63) is 12.2 Å². The molecule has 0 N–H and O–H groups in total. The van der Waals surface area contributed by atoms with Gasteiger partial charge in [0.1, 0.15) is 0 Å². The van der Waals surface area contributed by atoms with Gasteiger partial charge in [0.15, 0.2) is 0 Å². The van der Waals surface area contributed by atoms with Crippen LogP contribution in [0.15, 0.2) is 12.2 Å². The molecule has 0 saturated carbocycles. The van der Waals surface area contributed by atoms with E-state index in [4.69, 9.17) is 11.6 Å². The highest BCUT2D eigenvalue weighted by molar-refractivity contribution is 6.21. The molecule has 0 aromatic heterocycles. The van der Waals surface area contributed by atoms with E-state index in [1.54, 1.807) is 0 Å². The summed E-state index contributed by atoms with van der Waals surface area (Å²) in [5.74, 6) is 0. The molecule has 2 heteroatoms. The van der Waals surface area contributed by atoms with Gasteiger partial charge < -0.3 is 0 Å². The quantitative estimate of drug-likeness (QED) is 0.515. The second-order valence-electron chi connectivity index (χ2n) is 3.97. The van der Waals surface area contributed by atoms with Crippen LogP contribution in [0.4, 0.5) is 0 Å². The molecular formula is C12H22ClN. The molecular weight excluding hydrogens is 194 g/mol. The van der Waals surface area contributed by atoms with Crippen molar-refractivity contribution >= 4 is 11.6 Å². The van der Waals surface area contributed by atoms with Gasteiger partial charge in [0, 0.05) is 6.04 Å². The highest BCUT2D eigenvalue weighted by Crippen LogP contribution is 2.19. The van der Waals surface area contributed by atoms with Gasteiger partial charge in [-0.15, -0.1) is 11.6 Å². The fraction of sp³-hybridized carbons (Fsp3) is 0.833. The minimum absolute atomic E-state index is 0.258. The molecule has 0 spiro atoms. The first kappa shape index (κ1) is 12.1. The van der Waals surface area contributed by atoms with Crippen molar-refractivity contribution in [3.8, 4) is 0 Å². The molecule has 1 aliphatic carbocycles. The molecule has 0 amide bonds. The topological polar surface area (TPSA) is 3.24 Å². The molecule has 0 radical (unpaired) electrons. The van der Waals surface area contributed by atoms with Crippen LogP contribution >= 0.6 is 11.6 Å². The first-order valence-electron chi connectivity index (χ1n) is 5.84. The summed E-state index contributed by atoms with van der Waals surface area (Å²) in [5.41, 5.74) is 0. The lowest BCUT2D eigenvalue weighted by atomic mass is 10.0. The molecule has 82 valence electrons. The number of hydrogen-bond donors (Lipinski definition) is 0. The van der Waals surface area contributed by atoms with Crippen LogP contribution in [0.2, 0.25) is 0 Å². The number of alkyl halides is 1. The molecule has 0 aromatic rings. The lowest BCUT2D eigenvalue weighted by Crippen LogP contribution is -2.34. The maximum absolute atomic E-state index is 6.14. The second kappa shape index (κ2) is 6.47. The third-order valence-electron chi connectivity index (χ3n) is 3.05. The van der Waals surface area contributed by atoms with Crippen LogP contribution in [0, 0.1) is 0 Å². The number of nitrogens with zero attached hydrogens (tertiary/aromatic N) is 1. The summed E-state index contributed by atoms with van der Waals surface area (Å²) < 4.78 is 0. The van der Waals surface area contributed by atoms with E-state index >= 15 is 0 Å². The van der Waals surface area contributed by atoms with Crippen molar-refractivity contribution in [1.82, 2.24) is 4.90 Å². The van der Waals surface area contributed by atoms with E-state index in [0.29, 0.717) is 6.04 Å². The Bertz CT molecular complexity index is 175. The Morgan fingerprint density at radius 2 is 1.79 bits per heavy atom. The molecule has 0 aromatic carbocycles. The Balaban J connectivity index is 2.56. The SMILES string of the molecule is CCN(CC)C1C=CC(Cl)CCCC1. The Morgan fingerprint density at radius 1 is 1.14 bits per heavy atom. The first-order valence-corrected chi connectivity index (χ1v) is 6.28. The molecule has 0 saturated heterocycles. The molecule has 0 fully saturated rings. The maximum Gasteiger partial charge on any atom is 0.0516 e. The van der Waals surface area contributed by atoms with Crippen molar-refractivity contribution in [3.63, 3.8) is 0 Å². The van der Waals surface area contributed by atoms with E-state index < -0.39 is 0 Å². The summed E-state index contributed by atoms with van der Waals surface area (Å²) >= 11 is 6.14. The summed E-state index contributed by atoms with van der Waals surface area (Å²) in [7, 11) is 0. The van der Waals surface area contributed by atoms with Gasteiger partial charge in [0.2, 0.25) is 0 Å². The predicted octanol–water partition coefficient (Wildman–Crippen LogP) is 3.43. The fourth-order valence-corrected chi connectivity index (χ4v) is 2.37. The van der Waals surface area contributed by atoms with E-state index in [1.807, 2.05) is 0 Å². The van der Waals surface area contributed by atoms with E-state index in [-0.39, 0.29) is 5.38 Å². The zero-order chi connectivity index (χ0) is 10.4. The first-order chi connectivity index (χ1) is 6.77. The standard InChI is InChI=1S/C12H22ClN/c1-3-14(4-2)12-8-6-5-7-11(13)9-10-12/h9-12H,3-8H2,1-2H3.